The minimum atomic E-state index is -4.24. The van der Waals surface area contributed by atoms with Gasteiger partial charge in [-0.25, -0.2) is 0 Å². The Morgan fingerprint density at radius 2 is 2.00 bits per heavy atom. The average molecular weight is 163 g/mol. The van der Waals surface area contributed by atoms with Crippen LogP contribution in [0.5, 0.6) is 0 Å². The lowest BCUT2D eigenvalue weighted by Crippen LogP contribution is -2.14. The van der Waals surface area contributed by atoms with Crippen LogP contribution in [0.1, 0.15) is 12.8 Å². The van der Waals surface area contributed by atoms with E-state index in [0.717, 1.165) is 12.2 Å². The van der Waals surface area contributed by atoms with Crippen LogP contribution in [0.3, 0.4) is 0 Å². The summed E-state index contributed by atoms with van der Waals surface area (Å²) in [5, 5.41) is 0. The molecular formula is C7H8F3N. The highest BCUT2D eigenvalue weighted by Gasteiger charge is 2.32. The van der Waals surface area contributed by atoms with Crippen LogP contribution in [-0.2, 0) is 0 Å². The molecule has 4 heteroatoms. The molecule has 0 heterocycles. The maximum atomic E-state index is 11.9. The zero-order valence-electron chi connectivity index (χ0n) is 5.78. The van der Waals surface area contributed by atoms with Gasteiger partial charge in [0, 0.05) is 5.70 Å². The van der Waals surface area contributed by atoms with E-state index in [-0.39, 0.29) is 0 Å². The summed E-state index contributed by atoms with van der Waals surface area (Å²) in [5.74, 6) is 0. The lowest BCUT2D eigenvalue weighted by Gasteiger charge is -2.12. The van der Waals surface area contributed by atoms with Crippen molar-refractivity contribution in [1.29, 1.82) is 0 Å². The Kier molecular flexibility index (Phi) is 1.93. The molecule has 0 unspecified atom stereocenters. The fourth-order valence-corrected chi connectivity index (χ4v) is 0.923. The number of allylic oxidation sites excluding steroid dienone is 4. The Morgan fingerprint density at radius 1 is 1.36 bits per heavy atom. The summed E-state index contributed by atoms with van der Waals surface area (Å²) in [7, 11) is 0. The number of hydrogen-bond donors (Lipinski definition) is 1. The molecule has 0 spiro atoms. The molecule has 0 radical (unpaired) electrons. The van der Waals surface area contributed by atoms with Crippen LogP contribution in [-0.4, -0.2) is 6.18 Å². The maximum absolute atomic E-state index is 11.9. The van der Waals surface area contributed by atoms with E-state index >= 15 is 0 Å². The first-order valence-corrected chi connectivity index (χ1v) is 3.23. The fourth-order valence-electron chi connectivity index (χ4n) is 0.923. The first kappa shape index (κ1) is 8.17. The SMILES string of the molecule is NC1=CC(C(F)(F)F)=CCC1. The maximum Gasteiger partial charge on any atom is 0.416 e. The highest BCUT2D eigenvalue weighted by atomic mass is 19.4. The third kappa shape index (κ3) is 2.00. The smallest absolute Gasteiger partial charge is 0.402 e. The predicted octanol–water partition coefficient (Wildman–Crippen LogP) is 2.11. The van der Waals surface area contributed by atoms with E-state index in [4.69, 9.17) is 5.73 Å². The molecule has 2 N–H and O–H groups in total. The van der Waals surface area contributed by atoms with Crippen LogP contribution >= 0.6 is 0 Å². The minimum absolute atomic E-state index is 0.305. The van der Waals surface area contributed by atoms with Crippen molar-refractivity contribution in [3.8, 4) is 0 Å². The molecule has 0 bridgehead atoms. The molecule has 0 saturated heterocycles. The molecule has 1 aliphatic rings. The summed E-state index contributed by atoms with van der Waals surface area (Å²) >= 11 is 0. The van der Waals surface area contributed by atoms with Crippen LogP contribution in [0.4, 0.5) is 13.2 Å². The van der Waals surface area contributed by atoms with Gasteiger partial charge in [0.05, 0.1) is 5.57 Å². The second kappa shape index (κ2) is 2.60. The summed E-state index contributed by atoms with van der Waals surface area (Å²) < 4.78 is 35.8. The van der Waals surface area contributed by atoms with Gasteiger partial charge in [-0.2, -0.15) is 13.2 Å². The monoisotopic (exact) mass is 163 g/mol. The molecule has 1 nitrogen and oxygen atoms in total. The number of halogens is 3. The Hall–Kier alpha value is -0.930. The van der Waals surface area contributed by atoms with E-state index in [2.05, 4.69) is 0 Å². The van der Waals surface area contributed by atoms with E-state index in [1.165, 1.54) is 0 Å². The molecule has 0 aliphatic heterocycles. The summed E-state index contributed by atoms with van der Waals surface area (Å²) in [6, 6.07) is 0. The largest absolute Gasteiger partial charge is 0.416 e. The first-order valence-electron chi connectivity index (χ1n) is 3.23. The van der Waals surface area contributed by atoms with Gasteiger partial charge in [0.1, 0.15) is 0 Å². The number of hydrogen-bond acceptors (Lipinski definition) is 1. The summed E-state index contributed by atoms with van der Waals surface area (Å²) in [4.78, 5) is 0. The molecule has 0 fully saturated rings. The second-order valence-corrected chi connectivity index (χ2v) is 2.42. The minimum Gasteiger partial charge on any atom is -0.402 e. The number of rotatable bonds is 0. The quantitative estimate of drug-likeness (QED) is 0.581. The highest BCUT2D eigenvalue weighted by Crippen LogP contribution is 2.30. The predicted molar refractivity (Wildman–Crippen MR) is 35.6 cm³/mol. The summed E-state index contributed by atoms with van der Waals surface area (Å²) in [6.45, 7) is 0. The highest BCUT2D eigenvalue weighted by molar-refractivity contribution is 5.29. The molecule has 0 amide bonds. The van der Waals surface area contributed by atoms with Gasteiger partial charge < -0.3 is 5.73 Å². The van der Waals surface area contributed by atoms with E-state index in [9.17, 15) is 13.2 Å². The van der Waals surface area contributed by atoms with Crippen molar-refractivity contribution in [1.82, 2.24) is 0 Å². The number of nitrogens with two attached hydrogens (primary N) is 1. The third-order valence-corrected chi connectivity index (χ3v) is 1.47. The molecule has 1 aliphatic carbocycles. The Labute approximate surface area is 62.4 Å². The Morgan fingerprint density at radius 3 is 2.36 bits per heavy atom. The molecule has 0 aromatic carbocycles. The fraction of sp³-hybridized carbons (Fsp3) is 0.429. The van der Waals surface area contributed by atoms with Crippen molar-refractivity contribution < 1.29 is 13.2 Å². The van der Waals surface area contributed by atoms with Crippen LogP contribution in [0.2, 0.25) is 0 Å². The summed E-state index contributed by atoms with van der Waals surface area (Å²) in [5.41, 5.74) is 4.92. The van der Waals surface area contributed by atoms with E-state index in [1.54, 1.807) is 0 Å². The van der Waals surface area contributed by atoms with Crippen LogP contribution in [0.15, 0.2) is 23.4 Å². The van der Waals surface area contributed by atoms with Crippen molar-refractivity contribution in [2.24, 2.45) is 5.73 Å². The van der Waals surface area contributed by atoms with E-state index in [0.29, 0.717) is 18.5 Å². The molecule has 0 saturated carbocycles. The van der Waals surface area contributed by atoms with Gasteiger partial charge in [0.15, 0.2) is 0 Å². The number of alkyl halides is 3. The average Bonchev–Trinajstić information content (AvgIpc) is 1.86. The second-order valence-electron chi connectivity index (χ2n) is 2.42. The normalized spacial score (nSPS) is 19.2. The van der Waals surface area contributed by atoms with Gasteiger partial charge in [-0.1, -0.05) is 6.08 Å². The zero-order chi connectivity index (χ0) is 8.48. The van der Waals surface area contributed by atoms with Crippen molar-refractivity contribution in [3.05, 3.63) is 23.4 Å². The van der Waals surface area contributed by atoms with Crippen LogP contribution < -0.4 is 5.73 Å². The lowest BCUT2D eigenvalue weighted by molar-refractivity contribution is -0.0887. The Balaban J connectivity index is 2.82. The van der Waals surface area contributed by atoms with E-state index in [1.807, 2.05) is 0 Å². The summed E-state index contributed by atoms with van der Waals surface area (Å²) in [6.07, 6.45) is -1.18. The standard InChI is InChI=1S/C7H8F3N/c8-7(9,10)5-2-1-3-6(11)4-5/h2,4H,1,3,11H2. The van der Waals surface area contributed by atoms with Crippen molar-refractivity contribution in [2.75, 3.05) is 0 Å². The van der Waals surface area contributed by atoms with Gasteiger partial charge in [0.25, 0.3) is 0 Å². The third-order valence-electron chi connectivity index (χ3n) is 1.47. The lowest BCUT2D eigenvalue weighted by atomic mass is 10.0. The van der Waals surface area contributed by atoms with Crippen LogP contribution in [0.25, 0.3) is 0 Å². The van der Waals surface area contributed by atoms with Crippen molar-refractivity contribution in [2.45, 2.75) is 19.0 Å². The van der Waals surface area contributed by atoms with Gasteiger partial charge in [-0.15, -0.1) is 0 Å². The van der Waals surface area contributed by atoms with Gasteiger partial charge in [-0.3, -0.25) is 0 Å². The molecule has 0 aromatic rings. The molecule has 0 aromatic heterocycles. The van der Waals surface area contributed by atoms with Gasteiger partial charge in [-0.05, 0) is 18.9 Å². The van der Waals surface area contributed by atoms with E-state index < -0.39 is 11.7 Å². The van der Waals surface area contributed by atoms with Gasteiger partial charge >= 0.3 is 6.18 Å². The van der Waals surface area contributed by atoms with Crippen molar-refractivity contribution >= 4 is 0 Å². The topological polar surface area (TPSA) is 26.0 Å². The molecule has 11 heavy (non-hydrogen) atoms. The Bertz CT molecular complexity index is 212. The molecule has 62 valence electrons. The van der Waals surface area contributed by atoms with Gasteiger partial charge in [0.2, 0.25) is 0 Å². The van der Waals surface area contributed by atoms with Crippen molar-refractivity contribution in [3.63, 3.8) is 0 Å². The van der Waals surface area contributed by atoms with Crippen LogP contribution in [0, 0.1) is 0 Å². The zero-order valence-corrected chi connectivity index (χ0v) is 5.78. The molecular weight excluding hydrogens is 155 g/mol. The molecule has 1 rings (SSSR count). The molecule has 0 atom stereocenters. The first-order chi connectivity index (χ1) is 5.00.